The Bertz CT molecular complexity index is 999. The van der Waals surface area contributed by atoms with Crippen LogP contribution in [0.1, 0.15) is 13.8 Å². The summed E-state index contributed by atoms with van der Waals surface area (Å²) in [6, 6.07) is 13.2. The van der Waals surface area contributed by atoms with Crippen LogP contribution in [-0.2, 0) is 6.54 Å². The summed E-state index contributed by atoms with van der Waals surface area (Å²) < 4.78 is 5.02. The molecule has 0 amide bonds. The van der Waals surface area contributed by atoms with Gasteiger partial charge in [0.25, 0.3) is 0 Å². The molecule has 0 radical (unpaired) electrons. The summed E-state index contributed by atoms with van der Waals surface area (Å²) in [4.78, 5) is 2.45. The number of aromatic nitrogens is 2. The van der Waals surface area contributed by atoms with Gasteiger partial charge in [0, 0.05) is 0 Å². The Morgan fingerprint density at radius 2 is 1.90 bits per heavy atom. The van der Waals surface area contributed by atoms with E-state index in [2.05, 4.69) is 70.5 Å². The molecule has 160 valence electrons. The fraction of sp³-hybridized carbons (Fsp3) is 0.435. The molecule has 6 nitrogen and oxygen atoms in total. The number of nitrogens with zero attached hydrogens (tertiary/aromatic N) is 3. The minimum absolute atomic E-state index is 0.174. The van der Waals surface area contributed by atoms with Crippen molar-refractivity contribution in [3.63, 3.8) is 0 Å². The first-order valence-electron chi connectivity index (χ1n) is 10.8. The molecule has 0 saturated heterocycles. The van der Waals surface area contributed by atoms with Crippen molar-refractivity contribution >= 4 is 40.5 Å². The van der Waals surface area contributed by atoms with Crippen molar-refractivity contribution in [1.29, 1.82) is 0 Å². The number of benzene rings is 2. The van der Waals surface area contributed by atoms with E-state index in [1.807, 2.05) is 0 Å². The van der Waals surface area contributed by atoms with Crippen molar-refractivity contribution < 1.29 is 5.11 Å². The summed E-state index contributed by atoms with van der Waals surface area (Å²) in [6.45, 7) is 11.0. The van der Waals surface area contributed by atoms with Crippen LogP contribution < -0.4 is 19.6 Å². The molecule has 4 rings (SSSR count). The van der Waals surface area contributed by atoms with E-state index < -0.39 is 0 Å². The van der Waals surface area contributed by atoms with Gasteiger partial charge in [0.2, 0.25) is 0 Å². The predicted molar refractivity (Wildman–Crippen MR) is 126 cm³/mol. The molecule has 0 saturated carbocycles. The van der Waals surface area contributed by atoms with E-state index in [1.54, 1.807) is 0 Å². The zero-order chi connectivity index (χ0) is 20.9. The van der Waals surface area contributed by atoms with E-state index >= 15 is 0 Å². The number of hydrogen-bond donors (Lipinski definition) is 3. The maximum absolute atomic E-state index is 8.93. The molecular formula is C23H31N5OSe. The topological polar surface area (TPSA) is 65.4 Å². The van der Waals surface area contributed by atoms with E-state index in [4.69, 9.17) is 10.2 Å². The third-order valence-electron chi connectivity index (χ3n) is 5.65. The molecule has 3 aromatic rings. The molecule has 0 unspecified atom stereocenters. The Labute approximate surface area is 184 Å². The summed E-state index contributed by atoms with van der Waals surface area (Å²) in [5.41, 5.74) is 4.88. The van der Waals surface area contributed by atoms with Crippen LogP contribution in [0.15, 0.2) is 36.4 Å². The number of aliphatic hydroxyl groups is 1. The molecule has 0 atom stereocenters. The molecule has 3 N–H and O–H groups in total. The van der Waals surface area contributed by atoms with Crippen LogP contribution in [0.2, 0.25) is 0 Å². The first-order chi connectivity index (χ1) is 14.8. The minimum atomic E-state index is 0.174. The average Bonchev–Trinajstić information content (AvgIpc) is 3.15. The van der Waals surface area contributed by atoms with Gasteiger partial charge in [0.15, 0.2) is 0 Å². The van der Waals surface area contributed by atoms with Crippen molar-refractivity contribution in [3.8, 4) is 11.3 Å². The van der Waals surface area contributed by atoms with Gasteiger partial charge in [-0.3, -0.25) is 0 Å². The fourth-order valence-corrected chi connectivity index (χ4v) is 6.48. The van der Waals surface area contributed by atoms with E-state index in [9.17, 15) is 0 Å². The van der Waals surface area contributed by atoms with Gasteiger partial charge in [-0.1, -0.05) is 0 Å². The third kappa shape index (κ3) is 4.27. The second-order valence-electron chi connectivity index (χ2n) is 7.43. The van der Waals surface area contributed by atoms with Crippen LogP contribution in [-0.4, -0.2) is 80.6 Å². The van der Waals surface area contributed by atoms with Crippen molar-refractivity contribution in [1.82, 2.24) is 20.0 Å². The Morgan fingerprint density at radius 3 is 2.70 bits per heavy atom. The predicted octanol–water partition coefficient (Wildman–Crippen LogP) is 1.01. The van der Waals surface area contributed by atoms with Crippen LogP contribution in [0.5, 0.6) is 0 Å². The summed E-state index contributed by atoms with van der Waals surface area (Å²) >= 11 is 0.247. The molecule has 0 aliphatic carbocycles. The van der Waals surface area contributed by atoms with Gasteiger partial charge in [-0.25, -0.2) is 0 Å². The molecule has 1 aliphatic heterocycles. The number of fused-ring (bicyclic) bond motifs is 2. The summed E-state index contributed by atoms with van der Waals surface area (Å²) in [6.07, 6.45) is 0. The van der Waals surface area contributed by atoms with Crippen molar-refractivity contribution in [3.05, 3.63) is 36.4 Å². The molecular weight excluding hydrogens is 441 g/mol. The number of rotatable bonds is 11. The Balaban J connectivity index is 1.68. The first kappa shape index (κ1) is 21.3. The Hall–Kier alpha value is -1.89. The number of hydrogen-bond acceptors (Lipinski definition) is 5. The molecule has 0 fully saturated rings. The Morgan fingerprint density at radius 1 is 1.07 bits per heavy atom. The fourth-order valence-electron chi connectivity index (χ4n) is 3.97. The van der Waals surface area contributed by atoms with Crippen LogP contribution in [0.25, 0.3) is 22.2 Å². The van der Waals surface area contributed by atoms with E-state index in [1.165, 1.54) is 31.1 Å². The number of nitrogens with one attached hydrogen (secondary N) is 2. The zero-order valence-electron chi connectivity index (χ0n) is 17.8. The van der Waals surface area contributed by atoms with Gasteiger partial charge in [-0.05, 0) is 0 Å². The van der Waals surface area contributed by atoms with Crippen LogP contribution >= 0.6 is 0 Å². The monoisotopic (exact) mass is 473 g/mol. The molecule has 2 aromatic carbocycles. The molecule has 1 aliphatic rings. The van der Waals surface area contributed by atoms with Crippen molar-refractivity contribution in [2.24, 2.45) is 0 Å². The standard InChI is InChI=1S/C23H31N5OSe/c1-3-27(4-2)14-15-28-19-10-9-18(25-12-11-24-13-16-29)23-21(19)22(26-28)17-7-5-6-8-20(17)30-23/h5-10,24-25,29H,3-4,11-16H2,1-2H3. The van der Waals surface area contributed by atoms with Crippen LogP contribution in [0.4, 0.5) is 5.69 Å². The van der Waals surface area contributed by atoms with Gasteiger partial charge < -0.3 is 0 Å². The molecule has 0 bridgehead atoms. The zero-order valence-corrected chi connectivity index (χ0v) is 19.5. The molecule has 0 spiro atoms. The van der Waals surface area contributed by atoms with Gasteiger partial charge >= 0.3 is 185 Å². The van der Waals surface area contributed by atoms with E-state index in [0.29, 0.717) is 6.54 Å². The van der Waals surface area contributed by atoms with Gasteiger partial charge in [0.1, 0.15) is 0 Å². The van der Waals surface area contributed by atoms with E-state index in [0.717, 1.165) is 45.0 Å². The van der Waals surface area contributed by atoms with Gasteiger partial charge in [-0.2, -0.15) is 0 Å². The summed E-state index contributed by atoms with van der Waals surface area (Å²) in [7, 11) is 0. The van der Waals surface area contributed by atoms with E-state index in [-0.39, 0.29) is 21.6 Å². The second-order valence-corrected chi connectivity index (χ2v) is 9.64. The first-order valence-corrected chi connectivity index (χ1v) is 12.6. The normalized spacial score (nSPS) is 12.5. The summed E-state index contributed by atoms with van der Waals surface area (Å²) in [5, 5.41) is 22.2. The molecule has 30 heavy (non-hydrogen) atoms. The third-order valence-corrected chi connectivity index (χ3v) is 8.18. The van der Waals surface area contributed by atoms with Gasteiger partial charge in [0.05, 0.1) is 0 Å². The van der Waals surface area contributed by atoms with Crippen LogP contribution in [0.3, 0.4) is 0 Å². The number of aliphatic hydroxyl groups excluding tert-OH is 1. The molecule has 1 aromatic heterocycles. The molecule has 7 heteroatoms. The van der Waals surface area contributed by atoms with Crippen molar-refractivity contribution in [2.75, 3.05) is 51.2 Å². The average molecular weight is 472 g/mol. The number of likely N-dealkylation sites (N-methyl/N-ethyl adjacent to an activating group) is 1. The second kappa shape index (κ2) is 9.94. The summed E-state index contributed by atoms with van der Waals surface area (Å²) in [5.74, 6) is 0. The van der Waals surface area contributed by atoms with Gasteiger partial charge in [-0.15, -0.1) is 0 Å². The SMILES string of the molecule is CCN(CC)CCn1nc2c3c(c(NCCNCCO)ccc31)[Se]c1ccccc1-2. The molecule has 2 heterocycles. The quantitative estimate of drug-likeness (QED) is 0.225. The number of anilines is 1. The Kier molecular flexibility index (Phi) is 7.08. The van der Waals surface area contributed by atoms with Crippen molar-refractivity contribution in [2.45, 2.75) is 20.4 Å². The maximum atomic E-state index is 8.93. The van der Waals surface area contributed by atoms with Crippen LogP contribution in [0, 0.1) is 0 Å².